The molecule has 5 heteroatoms. The third kappa shape index (κ3) is 3.90. The lowest BCUT2D eigenvalue weighted by Gasteiger charge is -2.11. The van der Waals surface area contributed by atoms with E-state index in [1.165, 1.54) is 17.1 Å². The average molecular weight is 286 g/mol. The first-order chi connectivity index (χ1) is 7.50. The number of hydrogen-bond donors (Lipinski definition) is 1. The first kappa shape index (κ1) is 13.1. The molecule has 0 aliphatic rings. The van der Waals surface area contributed by atoms with Gasteiger partial charge in [0.1, 0.15) is 4.47 Å². The Balaban J connectivity index is 2.63. The van der Waals surface area contributed by atoms with Crippen molar-refractivity contribution in [3.8, 4) is 0 Å². The molecule has 0 aliphatic carbocycles. The standard InChI is InChI=1S/C11H16BrN3O/c1-8(2)14-4-9(3)6-15-7-13-5-10(12)11(15)16/h5,7-8,14H,3-4,6H2,1-2H3. The Hall–Kier alpha value is -0.940. The number of aromatic nitrogens is 2. The molecule has 0 aliphatic heterocycles. The number of halogens is 1. The van der Waals surface area contributed by atoms with Gasteiger partial charge in [-0.1, -0.05) is 20.4 Å². The highest BCUT2D eigenvalue weighted by Gasteiger charge is 2.03. The first-order valence-corrected chi connectivity index (χ1v) is 5.90. The predicted octanol–water partition coefficient (Wildman–Crippen LogP) is 1.56. The van der Waals surface area contributed by atoms with Gasteiger partial charge in [0.2, 0.25) is 0 Å². The topological polar surface area (TPSA) is 46.9 Å². The van der Waals surface area contributed by atoms with Crippen molar-refractivity contribution in [3.05, 3.63) is 39.5 Å². The Kier molecular flexibility index (Phi) is 4.89. The highest BCUT2D eigenvalue weighted by atomic mass is 79.9. The summed E-state index contributed by atoms with van der Waals surface area (Å²) in [4.78, 5) is 15.6. The van der Waals surface area contributed by atoms with E-state index in [1.54, 1.807) is 0 Å². The molecule has 1 aromatic heterocycles. The molecule has 1 N–H and O–H groups in total. The molecule has 1 rings (SSSR count). The monoisotopic (exact) mass is 285 g/mol. The Morgan fingerprint density at radius 2 is 2.38 bits per heavy atom. The third-order valence-electron chi connectivity index (χ3n) is 2.01. The van der Waals surface area contributed by atoms with Crippen molar-refractivity contribution >= 4 is 15.9 Å². The zero-order chi connectivity index (χ0) is 12.1. The van der Waals surface area contributed by atoms with Crippen LogP contribution in [0.25, 0.3) is 0 Å². The molecule has 4 nitrogen and oxygen atoms in total. The zero-order valence-electron chi connectivity index (χ0n) is 9.53. The Morgan fingerprint density at radius 1 is 1.69 bits per heavy atom. The molecule has 1 heterocycles. The first-order valence-electron chi connectivity index (χ1n) is 5.10. The second-order valence-electron chi connectivity index (χ2n) is 3.96. The van der Waals surface area contributed by atoms with E-state index >= 15 is 0 Å². The highest BCUT2D eigenvalue weighted by Crippen LogP contribution is 2.00. The molecule has 0 spiro atoms. The molecule has 0 bridgehead atoms. The van der Waals surface area contributed by atoms with Gasteiger partial charge in [-0.05, 0) is 21.5 Å². The minimum absolute atomic E-state index is 0.0827. The lowest BCUT2D eigenvalue weighted by atomic mass is 10.2. The summed E-state index contributed by atoms with van der Waals surface area (Å²) in [7, 11) is 0. The molecule has 0 aromatic carbocycles. The number of nitrogens with one attached hydrogen (secondary N) is 1. The summed E-state index contributed by atoms with van der Waals surface area (Å²) in [6, 6.07) is 0.411. The normalized spacial score (nSPS) is 10.8. The number of nitrogens with zero attached hydrogens (tertiary/aromatic N) is 2. The predicted molar refractivity (Wildman–Crippen MR) is 68.5 cm³/mol. The van der Waals surface area contributed by atoms with Crippen LogP contribution in [0.15, 0.2) is 33.9 Å². The second kappa shape index (κ2) is 5.96. The summed E-state index contributed by atoms with van der Waals surface area (Å²) in [5.41, 5.74) is 0.872. The quantitative estimate of drug-likeness (QED) is 0.836. The van der Waals surface area contributed by atoms with Gasteiger partial charge in [-0.2, -0.15) is 0 Å². The van der Waals surface area contributed by atoms with Crippen molar-refractivity contribution in [1.29, 1.82) is 0 Å². The highest BCUT2D eigenvalue weighted by molar-refractivity contribution is 9.10. The minimum Gasteiger partial charge on any atom is -0.311 e. The van der Waals surface area contributed by atoms with Gasteiger partial charge >= 0.3 is 0 Å². The van der Waals surface area contributed by atoms with Crippen LogP contribution in [-0.2, 0) is 6.54 Å². The van der Waals surface area contributed by atoms with E-state index < -0.39 is 0 Å². The van der Waals surface area contributed by atoms with E-state index in [9.17, 15) is 4.79 Å². The van der Waals surface area contributed by atoms with Gasteiger partial charge in [-0.25, -0.2) is 4.98 Å². The largest absolute Gasteiger partial charge is 0.311 e. The van der Waals surface area contributed by atoms with E-state index in [-0.39, 0.29) is 5.56 Å². The smallest absolute Gasteiger partial charge is 0.267 e. The fraction of sp³-hybridized carbons (Fsp3) is 0.455. The molecule has 0 saturated carbocycles. The van der Waals surface area contributed by atoms with Crippen molar-refractivity contribution in [3.63, 3.8) is 0 Å². The van der Waals surface area contributed by atoms with Crippen LogP contribution in [0.1, 0.15) is 13.8 Å². The molecule has 1 aromatic rings. The van der Waals surface area contributed by atoms with Crippen molar-refractivity contribution in [1.82, 2.24) is 14.9 Å². The molecular weight excluding hydrogens is 270 g/mol. The molecule has 0 amide bonds. The van der Waals surface area contributed by atoms with Gasteiger partial charge in [-0.3, -0.25) is 9.36 Å². The maximum atomic E-state index is 11.7. The molecule has 0 radical (unpaired) electrons. The summed E-state index contributed by atoms with van der Waals surface area (Å²) in [6.45, 7) is 9.26. The summed E-state index contributed by atoms with van der Waals surface area (Å²) < 4.78 is 2.01. The minimum atomic E-state index is -0.0827. The van der Waals surface area contributed by atoms with E-state index in [0.717, 1.165) is 5.57 Å². The van der Waals surface area contributed by atoms with Gasteiger partial charge in [0.25, 0.3) is 5.56 Å². The molecule has 0 atom stereocenters. The van der Waals surface area contributed by atoms with Gasteiger partial charge in [0.05, 0.1) is 6.33 Å². The van der Waals surface area contributed by atoms with Crippen LogP contribution in [0, 0.1) is 0 Å². The van der Waals surface area contributed by atoms with E-state index in [1.807, 2.05) is 0 Å². The maximum Gasteiger partial charge on any atom is 0.267 e. The molecule has 0 fully saturated rings. The van der Waals surface area contributed by atoms with Crippen LogP contribution in [-0.4, -0.2) is 22.1 Å². The zero-order valence-corrected chi connectivity index (χ0v) is 11.1. The summed E-state index contributed by atoms with van der Waals surface area (Å²) in [5, 5.41) is 3.25. The van der Waals surface area contributed by atoms with Gasteiger partial charge in [-0.15, -0.1) is 0 Å². The fourth-order valence-corrected chi connectivity index (χ4v) is 1.53. The van der Waals surface area contributed by atoms with Crippen LogP contribution in [0.2, 0.25) is 0 Å². The Morgan fingerprint density at radius 3 is 3.00 bits per heavy atom. The third-order valence-corrected chi connectivity index (χ3v) is 2.56. The van der Waals surface area contributed by atoms with Crippen LogP contribution in [0.3, 0.4) is 0 Å². The lowest BCUT2D eigenvalue weighted by Crippen LogP contribution is -2.28. The van der Waals surface area contributed by atoms with Crippen molar-refractivity contribution < 1.29 is 0 Å². The van der Waals surface area contributed by atoms with Gasteiger partial charge in [0, 0.05) is 25.3 Å². The van der Waals surface area contributed by atoms with Crippen LogP contribution >= 0.6 is 15.9 Å². The summed E-state index contributed by atoms with van der Waals surface area (Å²) in [5.74, 6) is 0. The summed E-state index contributed by atoms with van der Waals surface area (Å²) in [6.07, 6.45) is 3.02. The van der Waals surface area contributed by atoms with Gasteiger partial charge < -0.3 is 5.32 Å². The molecule has 0 unspecified atom stereocenters. The number of hydrogen-bond acceptors (Lipinski definition) is 3. The lowest BCUT2D eigenvalue weighted by molar-refractivity contribution is 0.597. The van der Waals surface area contributed by atoms with Crippen molar-refractivity contribution in [2.75, 3.05) is 6.54 Å². The summed E-state index contributed by atoms with van der Waals surface area (Å²) >= 11 is 3.16. The Labute approximate surface area is 104 Å². The molecule has 88 valence electrons. The van der Waals surface area contributed by atoms with Crippen LogP contribution in [0.5, 0.6) is 0 Å². The van der Waals surface area contributed by atoms with E-state index in [4.69, 9.17) is 0 Å². The van der Waals surface area contributed by atoms with Gasteiger partial charge in [0.15, 0.2) is 0 Å². The van der Waals surface area contributed by atoms with Crippen LogP contribution in [0.4, 0.5) is 0 Å². The molecule has 16 heavy (non-hydrogen) atoms. The Bertz CT molecular complexity index is 425. The van der Waals surface area contributed by atoms with Crippen molar-refractivity contribution in [2.45, 2.75) is 26.4 Å². The number of rotatable bonds is 5. The molecule has 0 saturated heterocycles. The molecular formula is C11H16BrN3O. The maximum absolute atomic E-state index is 11.7. The SMILES string of the molecule is C=C(CNC(C)C)Cn1cncc(Br)c1=O. The second-order valence-corrected chi connectivity index (χ2v) is 4.81. The fourth-order valence-electron chi connectivity index (χ4n) is 1.18. The van der Waals surface area contributed by atoms with E-state index in [0.29, 0.717) is 23.6 Å². The van der Waals surface area contributed by atoms with E-state index in [2.05, 4.69) is 46.7 Å². The average Bonchev–Trinajstić information content (AvgIpc) is 2.22. The van der Waals surface area contributed by atoms with Crippen molar-refractivity contribution in [2.24, 2.45) is 0 Å². The van der Waals surface area contributed by atoms with Crippen LogP contribution < -0.4 is 10.9 Å².